The molecular formula is C12H12N2O2S. The molecule has 1 heterocycles. The molecule has 0 aliphatic carbocycles. The second-order valence-corrected chi connectivity index (χ2v) is 5.21. The van der Waals surface area contributed by atoms with Crippen LogP contribution in [0.3, 0.4) is 0 Å². The van der Waals surface area contributed by atoms with Crippen LogP contribution in [0.4, 0.5) is 0 Å². The quantitative estimate of drug-likeness (QED) is 0.778. The van der Waals surface area contributed by atoms with Crippen molar-refractivity contribution in [2.24, 2.45) is 0 Å². The van der Waals surface area contributed by atoms with Crippen molar-refractivity contribution >= 4 is 10.0 Å². The predicted molar refractivity (Wildman–Crippen MR) is 63.8 cm³/mol. The van der Waals surface area contributed by atoms with E-state index < -0.39 is 10.0 Å². The summed E-state index contributed by atoms with van der Waals surface area (Å²) in [5.74, 6) is 0. The van der Waals surface area contributed by atoms with Gasteiger partial charge in [-0.05, 0) is 19.1 Å². The van der Waals surface area contributed by atoms with Crippen LogP contribution >= 0.6 is 0 Å². The predicted octanol–water partition coefficient (Wildman–Crippen LogP) is 1.81. The Morgan fingerprint density at radius 3 is 2.18 bits per heavy atom. The third kappa shape index (κ3) is 2.82. The Labute approximate surface area is 101 Å². The fourth-order valence-electron chi connectivity index (χ4n) is 1.33. The van der Waals surface area contributed by atoms with E-state index in [1.54, 1.807) is 54.9 Å². The topological polar surface area (TPSA) is 52.1 Å². The summed E-state index contributed by atoms with van der Waals surface area (Å²) < 4.78 is 25.1. The van der Waals surface area contributed by atoms with Gasteiger partial charge in [0.05, 0.1) is 4.90 Å². The number of hydrogen-bond donors (Lipinski definition) is 0. The summed E-state index contributed by atoms with van der Waals surface area (Å²) in [6.07, 6.45) is 3.15. The molecule has 0 radical (unpaired) electrons. The smallest absolute Gasteiger partial charge is 0.168 e. The second kappa shape index (κ2) is 4.55. The Balaban J connectivity index is 2.29. The SMILES string of the molecule is Cc1ccc(S(=O)(=O)[N-][n+]2ccccc2)cc1. The van der Waals surface area contributed by atoms with Crippen LogP contribution in [0.1, 0.15) is 5.56 Å². The summed E-state index contributed by atoms with van der Waals surface area (Å²) >= 11 is 0. The lowest BCUT2D eigenvalue weighted by molar-refractivity contribution is -0.614. The van der Waals surface area contributed by atoms with E-state index in [4.69, 9.17) is 0 Å². The Kier molecular flexibility index (Phi) is 3.10. The molecule has 2 aromatic rings. The molecule has 0 fully saturated rings. The van der Waals surface area contributed by atoms with Crippen molar-refractivity contribution in [2.45, 2.75) is 11.8 Å². The lowest BCUT2D eigenvalue weighted by Crippen LogP contribution is -2.30. The largest absolute Gasteiger partial charge is 0.318 e. The van der Waals surface area contributed by atoms with E-state index in [-0.39, 0.29) is 4.90 Å². The molecule has 0 bridgehead atoms. The van der Waals surface area contributed by atoms with Crippen LogP contribution in [0.25, 0.3) is 4.83 Å². The molecule has 1 aromatic carbocycles. The molecule has 0 spiro atoms. The highest BCUT2D eigenvalue weighted by Gasteiger charge is 2.07. The first kappa shape index (κ1) is 11.6. The maximum absolute atomic E-state index is 11.9. The zero-order chi connectivity index (χ0) is 12.3. The molecule has 4 nitrogen and oxygen atoms in total. The van der Waals surface area contributed by atoms with Gasteiger partial charge in [0, 0.05) is 12.1 Å². The summed E-state index contributed by atoms with van der Waals surface area (Å²) in [4.78, 5) is 3.87. The van der Waals surface area contributed by atoms with Crippen LogP contribution in [0.15, 0.2) is 59.8 Å². The molecule has 5 heteroatoms. The number of sulfonamides is 1. The van der Waals surface area contributed by atoms with Crippen molar-refractivity contribution in [2.75, 3.05) is 0 Å². The third-order valence-electron chi connectivity index (χ3n) is 2.22. The van der Waals surface area contributed by atoms with Crippen molar-refractivity contribution < 1.29 is 13.1 Å². The average Bonchev–Trinajstić information content (AvgIpc) is 2.30. The maximum atomic E-state index is 11.9. The average molecular weight is 248 g/mol. The summed E-state index contributed by atoms with van der Waals surface area (Å²) in [5, 5.41) is 0. The van der Waals surface area contributed by atoms with Crippen LogP contribution in [0, 0.1) is 6.92 Å². The minimum atomic E-state index is -3.64. The maximum Gasteiger partial charge on any atom is 0.168 e. The van der Waals surface area contributed by atoms with Gasteiger partial charge in [0.25, 0.3) is 0 Å². The van der Waals surface area contributed by atoms with Crippen molar-refractivity contribution in [1.29, 1.82) is 0 Å². The molecule has 1 aromatic heterocycles. The van der Waals surface area contributed by atoms with Crippen LogP contribution in [0.2, 0.25) is 0 Å². The highest BCUT2D eigenvalue weighted by atomic mass is 32.2. The summed E-state index contributed by atoms with van der Waals surface area (Å²) in [7, 11) is -3.64. The van der Waals surface area contributed by atoms with Gasteiger partial charge in [0.15, 0.2) is 22.4 Å². The molecule has 0 saturated heterocycles. The van der Waals surface area contributed by atoms with E-state index in [1.165, 1.54) is 4.68 Å². The number of aryl methyl sites for hydroxylation is 1. The Morgan fingerprint density at radius 1 is 1.00 bits per heavy atom. The number of hydrogen-bond acceptors (Lipinski definition) is 2. The fraction of sp³-hybridized carbons (Fsp3) is 0.0833. The minimum Gasteiger partial charge on any atom is -0.318 e. The van der Waals surface area contributed by atoms with Gasteiger partial charge in [-0.2, -0.15) is 0 Å². The highest BCUT2D eigenvalue weighted by Crippen LogP contribution is 2.14. The number of pyridine rings is 1. The standard InChI is InChI=1S/C12H12N2O2S/c1-11-5-7-12(8-6-11)17(15,16)13-14-9-3-2-4-10-14/h2-10H,1H3. The van der Waals surface area contributed by atoms with Crippen LogP contribution in [0.5, 0.6) is 0 Å². The Hall–Kier alpha value is -1.88. The first-order valence-corrected chi connectivity index (χ1v) is 6.53. The van der Waals surface area contributed by atoms with E-state index in [0.717, 1.165) is 5.56 Å². The van der Waals surface area contributed by atoms with E-state index in [1.807, 2.05) is 6.92 Å². The molecule has 0 amide bonds. The highest BCUT2D eigenvalue weighted by molar-refractivity contribution is 7.93. The monoisotopic (exact) mass is 248 g/mol. The fourth-order valence-corrected chi connectivity index (χ4v) is 2.26. The van der Waals surface area contributed by atoms with Gasteiger partial charge in [-0.25, -0.2) is 13.1 Å². The molecule has 0 aliphatic rings. The van der Waals surface area contributed by atoms with E-state index in [0.29, 0.717) is 0 Å². The Bertz CT molecular complexity index is 592. The van der Waals surface area contributed by atoms with Crippen molar-refractivity contribution in [3.05, 3.63) is 65.3 Å². The number of benzene rings is 1. The third-order valence-corrected chi connectivity index (χ3v) is 3.49. The molecule has 0 N–H and O–H groups in total. The summed E-state index contributed by atoms with van der Waals surface area (Å²) in [6, 6.07) is 11.8. The molecule has 88 valence electrons. The van der Waals surface area contributed by atoms with Gasteiger partial charge in [-0.1, -0.05) is 23.8 Å². The molecule has 0 saturated carbocycles. The van der Waals surface area contributed by atoms with E-state index >= 15 is 0 Å². The van der Waals surface area contributed by atoms with Crippen LogP contribution < -0.4 is 4.68 Å². The first-order valence-electron chi connectivity index (χ1n) is 5.09. The van der Waals surface area contributed by atoms with E-state index in [9.17, 15) is 8.42 Å². The molecule has 0 aliphatic heterocycles. The number of nitrogens with zero attached hydrogens (tertiary/aromatic N) is 2. The van der Waals surface area contributed by atoms with Gasteiger partial charge in [-0.15, -0.1) is 0 Å². The van der Waals surface area contributed by atoms with Crippen LogP contribution in [-0.4, -0.2) is 8.42 Å². The molecule has 17 heavy (non-hydrogen) atoms. The zero-order valence-corrected chi connectivity index (χ0v) is 10.1. The van der Waals surface area contributed by atoms with Gasteiger partial charge in [0.1, 0.15) is 0 Å². The lowest BCUT2D eigenvalue weighted by atomic mass is 10.2. The zero-order valence-electron chi connectivity index (χ0n) is 9.32. The van der Waals surface area contributed by atoms with Crippen molar-refractivity contribution in [3.8, 4) is 0 Å². The molecule has 2 rings (SSSR count). The van der Waals surface area contributed by atoms with Gasteiger partial charge in [0.2, 0.25) is 0 Å². The summed E-state index contributed by atoms with van der Waals surface area (Å²) in [5.41, 5.74) is 1.01. The van der Waals surface area contributed by atoms with Gasteiger partial charge < -0.3 is 4.83 Å². The molecule has 0 unspecified atom stereocenters. The van der Waals surface area contributed by atoms with Gasteiger partial charge >= 0.3 is 0 Å². The molecular weight excluding hydrogens is 236 g/mol. The summed E-state index contributed by atoms with van der Waals surface area (Å²) in [6.45, 7) is 1.90. The normalized spacial score (nSPS) is 11.1. The second-order valence-electron chi connectivity index (χ2n) is 3.63. The van der Waals surface area contributed by atoms with Crippen LogP contribution in [-0.2, 0) is 10.0 Å². The van der Waals surface area contributed by atoms with Gasteiger partial charge in [-0.3, -0.25) is 0 Å². The lowest BCUT2D eigenvalue weighted by Gasteiger charge is -2.13. The van der Waals surface area contributed by atoms with Crippen molar-refractivity contribution in [3.63, 3.8) is 0 Å². The molecule has 0 atom stereocenters. The first-order chi connectivity index (χ1) is 8.08. The Morgan fingerprint density at radius 2 is 1.59 bits per heavy atom. The van der Waals surface area contributed by atoms with Crippen molar-refractivity contribution in [1.82, 2.24) is 0 Å². The van der Waals surface area contributed by atoms with E-state index in [2.05, 4.69) is 4.83 Å². The minimum absolute atomic E-state index is 0.194. The number of aromatic nitrogens is 1. The number of rotatable bonds is 3.